The average molecular weight is 342 g/mol. The standard InChI is InChI=1S/C19H22N2O2S/c1-14-7-9-16(10-8-14)23-13-15(22)11-21(2)12-19-20-17-5-3-4-6-18(17)24-19/h3-10,15,22H,11-13H2,1-2H3. The Morgan fingerprint density at radius 3 is 2.67 bits per heavy atom. The van der Waals surface area contributed by atoms with Crippen molar-refractivity contribution in [1.29, 1.82) is 0 Å². The zero-order valence-corrected chi connectivity index (χ0v) is 14.8. The Bertz CT molecular complexity index is 752. The Kier molecular flexibility index (Phi) is 5.45. The predicted molar refractivity (Wildman–Crippen MR) is 98.6 cm³/mol. The lowest BCUT2D eigenvalue weighted by molar-refractivity contribution is 0.0744. The molecule has 1 atom stereocenters. The normalized spacial score (nSPS) is 12.7. The van der Waals surface area contributed by atoms with Crippen molar-refractivity contribution in [2.75, 3.05) is 20.2 Å². The maximum absolute atomic E-state index is 10.2. The molecule has 0 radical (unpaired) electrons. The first-order chi connectivity index (χ1) is 11.6. The second kappa shape index (κ2) is 7.75. The van der Waals surface area contributed by atoms with Crippen LogP contribution in [0, 0.1) is 6.92 Å². The van der Waals surface area contributed by atoms with Gasteiger partial charge in [-0.15, -0.1) is 11.3 Å². The minimum absolute atomic E-state index is 0.285. The summed E-state index contributed by atoms with van der Waals surface area (Å²) < 4.78 is 6.83. The fraction of sp³-hybridized carbons (Fsp3) is 0.316. The Morgan fingerprint density at radius 1 is 1.17 bits per heavy atom. The number of aromatic nitrogens is 1. The monoisotopic (exact) mass is 342 g/mol. The number of hydrogen-bond acceptors (Lipinski definition) is 5. The number of fused-ring (bicyclic) bond motifs is 1. The van der Waals surface area contributed by atoms with Gasteiger partial charge in [0, 0.05) is 6.54 Å². The second-order valence-electron chi connectivity index (χ2n) is 6.05. The predicted octanol–water partition coefficient (Wildman–Crippen LogP) is 3.48. The molecule has 0 saturated heterocycles. The first kappa shape index (κ1) is 16.9. The minimum atomic E-state index is -0.536. The molecule has 0 saturated carbocycles. The summed E-state index contributed by atoms with van der Waals surface area (Å²) in [5.41, 5.74) is 2.23. The number of likely N-dealkylation sites (N-methyl/N-ethyl adjacent to an activating group) is 1. The average Bonchev–Trinajstić information content (AvgIpc) is 2.96. The van der Waals surface area contributed by atoms with Crippen LogP contribution in [0.25, 0.3) is 10.2 Å². The largest absolute Gasteiger partial charge is 0.491 e. The number of nitrogens with zero attached hydrogens (tertiary/aromatic N) is 2. The summed E-state index contributed by atoms with van der Waals surface area (Å²) in [5, 5.41) is 11.2. The molecule has 1 N–H and O–H groups in total. The van der Waals surface area contributed by atoms with Crippen molar-refractivity contribution in [1.82, 2.24) is 9.88 Å². The molecular formula is C19H22N2O2S. The molecule has 0 aliphatic heterocycles. The third-order valence-corrected chi connectivity index (χ3v) is 4.75. The van der Waals surface area contributed by atoms with E-state index in [0.29, 0.717) is 6.54 Å². The van der Waals surface area contributed by atoms with E-state index < -0.39 is 6.10 Å². The van der Waals surface area contributed by atoms with Crippen LogP contribution >= 0.6 is 11.3 Å². The van der Waals surface area contributed by atoms with Crippen molar-refractivity contribution in [3.8, 4) is 5.75 Å². The molecule has 5 heteroatoms. The van der Waals surface area contributed by atoms with Gasteiger partial charge in [-0.1, -0.05) is 29.8 Å². The van der Waals surface area contributed by atoms with Crippen molar-refractivity contribution in [3.63, 3.8) is 0 Å². The molecule has 3 rings (SSSR count). The van der Waals surface area contributed by atoms with Crippen LogP contribution in [0.2, 0.25) is 0 Å². The minimum Gasteiger partial charge on any atom is -0.491 e. The van der Waals surface area contributed by atoms with Crippen molar-refractivity contribution < 1.29 is 9.84 Å². The molecule has 24 heavy (non-hydrogen) atoms. The highest BCUT2D eigenvalue weighted by molar-refractivity contribution is 7.18. The Labute approximate surface area is 146 Å². The van der Waals surface area contributed by atoms with E-state index >= 15 is 0 Å². The lowest BCUT2D eigenvalue weighted by Crippen LogP contribution is -2.32. The summed E-state index contributed by atoms with van der Waals surface area (Å²) in [4.78, 5) is 6.70. The molecule has 1 aromatic heterocycles. The molecule has 1 unspecified atom stereocenters. The van der Waals surface area contributed by atoms with Crippen LogP contribution in [0.3, 0.4) is 0 Å². The number of ether oxygens (including phenoxy) is 1. The van der Waals surface area contributed by atoms with Crippen LogP contribution in [0.4, 0.5) is 0 Å². The molecule has 4 nitrogen and oxygen atoms in total. The van der Waals surface area contributed by atoms with Gasteiger partial charge >= 0.3 is 0 Å². The molecule has 1 heterocycles. The van der Waals surface area contributed by atoms with Crippen LogP contribution in [-0.2, 0) is 6.54 Å². The number of para-hydroxylation sites is 1. The molecule has 126 valence electrons. The van der Waals surface area contributed by atoms with Gasteiger partial charge in [-0.25, -0.2) is 4.98 Å². The van der Waals surface area contributed by atoms with Crippen LogP contribution in [0.15, 0.2) is 48.5 Å². The molecule has 0 aliphatic rings. The van der Waals surface area contributed by atoms with Crippen molar-refractivity contribution in [2.45, 2.75) is 19.6 Å². The molecular weight excluding hydrogens is 320 g/mol. The van der Waals surface area contributed by atoms with Gasteiger partial charge < -0.3 is 9.84 Å². The van der Waals surface area contributed by atoms with Crippen LogP contribution in [0.5, 0.6) is 5.75 Å². The third kappa shape index (κ3) is 4.54. The molecule has 0 amide bonds. The van der Waals surface area contributed by atoms with Crippen LogP contribution < -0.4 is 4.74 Å². The molecule has 0 aliphatic carbocycles. The van der Waals surface area contributed by atoms with Gasteiger partial charge in [0.05, 0.1) is 16.8 Å². The zero-order chi connectivity index (χ0) is 16.9. The summed E-state index contributed by atoms with van der Waals surface area (Å²) >= 11 is 1.70. The van der Waals surface area contributed by atoms with Crippen LogP contribution in [-0.4, -0.2) is 41.3 Å². The lowest BCUT2D eigenvalue weighted by atomic mass is 10.2. The third-order valence-electron chi connectivity index (χ3n) is 3.73. The lowest BCUT2D eigenvalue weighted by Gasteiger charge is -2.19. The number of aryl methyl sites for hydroxylation is 1. The number of hydrogen-bond donors (Lipinski definition) is 1. The first-order valence-electron chi connectivity index (χ1n) is 8.00. The van der Waals surface area contributed by atoms with Gasteiger partial charge in [0.2, 0.25) is 0 Å². The van der Waals surface area contributed by atoms with Crippen molar-refractivity contribution in [3.05, 3.63) is 59.1 Å². The fourth-order valence-corrected chi connectivity index (χ4v) is 3.57. The van der Waals surface area contributed by atoms with Gasteiger partial charge in [-0.05, 0) is 38.2 Å². The Morgan fingerprint density at radius 2 is 1.92 bits per heavy atom. The van der Waals surface area contributed by atoms with Crippen molar-refractivity contribution >= 4 is 21.6 Å². The van der Waals surface area contributed by atoms with Gasteiger partial charge in [0.25, 0.3) is 0 Å². The molecule has 2 aromatic carbocycles. The van der Waals surface area contributed by atoms with E-state index in [1.54, 1.807) is 11.3 Å². The highest BCUT2D eigenvalue weighted by Gasteiger charge is 2.12. The van der Waals surface area contributed by atoms with E-state index in [-0.39, 0.29) is 6.61 Å². The van der Waals surface area contributed by atoms with Crippen LogP contribution in [0.1, 0.15) is 10.6 Å². The van der Waals surface area contributed by atoms with E-state index in [9.17, 15) is 5.11 Å². The first-order valence-corrected chi connectivity index (χ1v) is 8.82. The van der Waals surface area contributed by atoms with Gasteiger partial charge in [-0.3, -0.25) is 4.90 Å². The molecule has 0 fully saturated rings. The molecule has 3 aromatic rings. The van der Waals surface area contributed by atoms with E-state index in [2.05, 4.69) is 16.0 Å². The fourth-order valence-electron chi connectivity index (χ4n) is 2.52. The van der Waals surface area contributed by atoms with E-state index in [1.165, 1.54) is 10.3 Å². The molecule has 0 bridgehead atoms. The SMILES string of the molecule is Cc1ccc(OCC(O)CN(C)Cc2nc3ccccc3s2)cc1. The number of rotatable bonds is 7. The number of aliphatic hydroxyl groups is 1. The van der Waals surface area contributed by atoms with Crippen molar-refractivity contribution in [2.24, 2.45) is 0 Å². The second-order valence-corrected chi connectivity index (χ2v) is 7.17. The summed E-state index contributed by atoms with van der Waals surface area (Å²) in [6.45, 7) is 3.59. The number of thiazole rings is 1. The smallest absolute Gasteiger partial charge is 0.119 e. The molecule has 0 spiro atoms. The maximum atomic E-state index is 10.2. The van der Waals surface area contributed by atoms with E-state index in [1.807, 2.05) is 56.4 Å². The summed E-state index contributed by atoms with van der Waals surface area (Å²) in [6, 6.07) is 16.0. The van der Waals surface area contributed by atoms with Gasteiger partial charge in [0.1, 0.15) is 23.5 Å². The Balaban J connectivity index is 1.48. The van der Waals surface area contributed by atoms with E-state index in [0.717, 1.165) is 22.8 Å². The van der Waals surface area contributed by atoms with Gasteiger partial charge in [0.15, 0.2) is 0 Å². The summed E-state index contributed by atoms with van der Waals surface area (Å²) in [7, 11) is 1.99. The number of aliphatic hydroxyl groups excluding tert-OH is 1. The highest BCUT2D eigenvalue weighted by atomic mass is 32.1. The topological polar surface area (TPSA) is 45.6 Å². The zero-order valence-electron chi connectivity index (χ0n) is 14.0. The number of benzene rings is 2. The summed E-state index contributed by atoms with van der Waals surface area (Å²) in [5.74, 6) is 0.786. The van der Waals surface area contributed by atoms with Gasteiger partial charge in [-0.2, -0.15) is 0 Å². The highest BCUT2D eigenvalue weighted by Crippen LogP contribution is 2.22. The maximum Gasteiger partial charge on any atom is 0.119 e. The summed E-state index contributed by atoms with van der Waals surface area (Å²) in [6.07, 6.45) is -0.536. The quantitative estimate of drug-likeness (QED) is 0.714. The Hall–Kier alpha value is -1.95. The van der Waals surface area contributed by atoms with E-state index in [4.69, 9.17) is 4.74 Å².